The van der Waals surface area contributed by atoms with Gasteiger partial charge in [0.15, 0.2) is 23.2 Å². The number of nitrogens with one attached hydrogen (secondary N) is 3. The van der Waals surface area contributed by atoms with Crippen LogP contribution in [-0.4, -0.2) is 220 Å². The average Bonchev–Trinajstić information content (AvgIpc) is 1.61. The number of fused-ring (bicyclic) bond motifs is 4. The molecule has 3 aliphatic heterocycles. The first kappa shape index (κ1) is 78.0. The van der Waals surface area contributed by atoms with E-state index in [9.17, 15) is 52.9 Å². The van der Waals surface area contributed by atoms with Gasteiger partial charge in [0.25, 0.3) is 23.3 Å². The van der Waals surface area contributed by atoms with Gasteiger partial charge in [0.05, 0.1) is 104 Å². The van der Waals surface area contributed by atoms with E-state index in [-0.39, 0.29) is 124 Å². The first-order valence-corrected chi connectivity index (χ1v) is 37.9. The summed E-state index contributed by atoms with van der Waals surface area (Å²) in [7, 11) is 1.48. The van der Waals surface area contributed by atoms with Crippen molar-refractivity contribution in [3.63, 3.8) is 0 Å². The van der Waals surface area contributed by atoms with Gasteiger partial charge in [-0.25, -0.2) is 24.3 Å². The number of carbonyl (C=O) groups excluding carboxylic acids is 7. The van der Waals surface area contributed by atoms with Crippen molar-refractivity contribution in [2.24, 2.45) is 17.8 Å². The fourth-order valence-electron chi connectivity index (χ4n) is 11.2. The molecule has 1 saturated carbocycles. The number of anilines is 1. The highest BCUT2D eigenvalue weighted by Crippen LogP contribution is 2.59. The maximum absolute atomic E-state index is 14.0. The Morgan fingerprint density at radius 3 is 2.17 bits per heavy atom. The fraction of sp³-hybridized carbons (Fsp3) is 0.531. The maximum Gasteiger partial charge on any atom is 0.410 e. The number of imide groups is 1. The van der Waals surface area contributed by atoms with E-state index in [0.717, 1.165) is 11.2 Å². The number of benzene rings is 2. The number of rotatable bonds is 35. The van der Waals surface area contributed by atoms with Crippen molar-refractivity contribution in [3.05, 3.63) is 118 Å². The number of aliphatic hydroxyl groups excluding tert-OH is 1. The fourth-order valence-corrected chi connectivity index (χ4v) is 14.2. The third kappa shape index (κ3) is 22.9. The van der Waals surface area contributed by atoms with Gasteiger partial charge in [0, 0.05) is 81.1 Å². The predicted molar refractivity (Wildman–Crippen MR) is 363 cm³/mol. The van der Waals surface area contributed by atoms with E-state index in [1.165, 1.54) is 47.3 Å². The zero-order valence-electron chi connectivity index (χ0n) is 55.8. The summed E-state index contributed by atoms with van der Waals surface area (Å²) >= 11 is 9.62. The number of aromatic nitrogens is 6. The maximum atomic E-state index is 14.0. The normalized spacial score (nSPS) is 23.6. The van der Waals surface area contributed by atoms with Crippen LogP contribution in [-0.2, 0) is 111 Å². The summed E-state index contributed by atoms with van der Waals surface area (Å²) in [6.45, 7) is -1.09. The second-order valence-corrected chi connectivity index (χ2v) is 30.0. The molecule has 548 valence electrons. The monoisotopic (exact) mass is 1480 g/mol. The molecule has 11 atom stereocenters. The SMILES string of the molecule is CC(C)[C@H](CC(=O)CCOCCOCCOCCOCCOCCN1C(=O)C=CC1=O)C(=O)N[C@@H](C)C(=O)Cc1ccc(COC(=O)N(C)Cc2ccccc2C(=O)Nc2nc3c(ncn3[C@@H]3O[C@@H]4COP(O)(=S)O[C@H]5C[C@H](Oc6ccncn6)C[C@@H]5COP(=O)(S)O[C@@H]3[C@@H]4O)c(=O)[nH]2)cc1. The standard InChI is InChI=1S/C64H82N10O23P2S2/c1-39(2)48(31-45(75)16-19-86-21-23-88-25-27-90-28-26-89-24-22-87-20-18-73-53(77)13-14-54(73)78)60(81)68-40(3)49(76)29-41-9-11-42(12-10-41)34-91-64(83)72(4)33-43-7-5-6-8-47(43)59(80)70-63-69-58-55(61(82)71-63)67-38-74(58)62-57-56(79)51(95-62)36-93-98(84,100)96-50-32-46(94-52-15-17-65-37-66-52)30-44(50)35-92-99(85,101)97-57/h5-15,17,37-40,44,46,48,50-51,56-57,62,79H,16,18-36H2,1-4H3,(H,68,81)(H,84,100)(H,85,101)(H2,69,70,71,80,82)/t40-,44+,46+,48-,50-,51+,56+,57+,62+,98?,99?/m0/s1. The van der Waals surface area contributed by atoms with Crippen molar-refractivity contribution >= 4 is 96.0 Å². The summed E-state index contributed by atoms with van der Waals surface area (Å²) in [6.07, 6.45) is -0.921. The molecule has 1 aliphatic carbocycles. The van der Waals surface area contributed by atoms with Crippen LogP contribution in [0, 0.1) is 17.8 Å². The molecule has 3 aromatic heterocycles. The lowest BCUT2D eigenvalue weighted by molar-refractivity contribution is -0.137. The number of hydrogen-bond donors (Lipinski definition) is 6. The molecular formula is C64H82N10O23P2S2. The number of aromatic amines is 1. The van der Waals surface area contributed by atoms with E-state index in [2.05, 4.69) is 47.8 Å². The van der Waals surface area contributed by atoms with Gasteiger partial charge in [-0.1, -0.05) is 68.6 Å². The molecule has 2 bridgehead atoms. The van der Waals surface area contributed by atoms with Crippen LogP contribution < -0.4 is 20.9 Å². The minimum atomic E-state index is -4.37. The van der Waals surface area contributed by atoms with Gasteiger partial charge < -0.3 is 71.7 Å². The number of nitrogens with zero attached hydrogens (tertiary/aromatic N) is 7. The lowest BCUT2D eigenvalue weighted by Gasteiger charge is -2.27. The molecule has 0 spiro atoms. The number of ketones is 2. The predicted octanol–water partition coefficient (Wildman–Crippen LogP) is 4.36. The number of carbonyl (C=O) groups is 7. The van der Waals surface area contributed by atoms with Crippen molar-refractivity contribution < 1.29 is 104 Å². The molecular weight excluding hydrogens is 1400 g/mol. The van der Waals surface area contributed by atoms with Crippen LogP contribution in [0.4, 0.5) is 10.7 Å². The van der Waals surface area contributed by atoms with E-state index < -0.39 is 98.2 Å². The second kappa shape index (κ2) is 37.3. The van der Waals surface area contributed by atoms with Crippen LogP contribution in [0.5, 0.6) is 5.88 Å². The minimum Gasteiger partial charge on any atom is -0.474 e. The van der Waals surface area contributed by atoms with E-state index in [1.807, 2.05) is 13.8 Å². The Labute approximate surface area is 590 Å². The van der Waals surface area contributed by atoms with Crippen LogP contribution in [0.25, 0.3) is 11.2 Å². The molecule has 9 rings (SSSR count). The number of ether oxygens (including phenoxy) is 8. The zero-order chi connectivity index (χ0) is 72.2. The Kier molecular flexibility index (Phi) is 28.8. The Morgan fingerprint density at radius 1 is 0.832 bits per heavy atom. The van der Waals surface area contributed by atoms with Crippen molar-refractivity contribution in [2.45, 2.75) is 109 Å². The quantitative estimate of drug-likeness (QED) is 0.0142. The number of imidazole rings is 1. The van der Waals surface area contributed by atoms with Crippen LogP contribution >= 0.6 is 25.8 Å². The molecule has 4 aliphatic rings. The second-order valence-electron chi connectivity index (χ2n) is 24.3. The Hall–Kier alpha value is -7.15. The summed E-state index contributed by atoms with van der Waals surface area (Å²) in [5, 5.41) is 17.0. The summed E-state index contributed by atoms with van der Waals surface area (Å²) in [5.41, 5.74) is 0.551. The van der Waals surface area contributed by atoms with E-state index in [4.69, 9.17) is 67.8 Å². The Balaban J connectivity index is 0.680. The molecule has 2 aromatic carbocycles. The van der Waals surface area contributed by atoms with E-state index in [0.29, 0.717) is 75.2 Å². The van der Waals surface area contributed by atoms with Crippen LogP contribution in [0.1, 0.15) is 79.7 Å². The molecule has 3 fully saturated rings. The zero-order valence-corrected chi connectivity index (χ0v) is 59.3. The molecule has 2 saturated heterocycles. The molecule has 37 heteroatoms. The van der Waals surface area contributed by atoms with Gasteiger partial charge in [-0.15, -0.1) is 0 Å². The van der Waals surface area contributed by atoms with Gasteiger partial charge in [0.2, 0.25) is 17.7 Å². The number of thiol groups is 1. The largest absolute Gasteiger partial charge is 0.474 e. The van der Waals surface area contributed by atoms with E-state index >= 15 is 0 Å². The van der Waals surface area contributed by atoms with Crippen molar-refractivity contribution in [3.8, 4) is 5.88 Å². The Morgan fingerprint density at radius 2 is 1.50 bits per heavy atom. The van der Waals surface area contributed by atoms with Gasteiger partial charge in [-0.2, -0.15) is 4.98 Å². The lowest BCUT2D eigenvalue weighted by Crippen LogP contribution is -2.44. The molecule has 5 amide bonds. The summed E-state index contributed by atoms with van der Waals surface area (Å²) in [5.74, 6) is -3.72. The average molecular weight is 1490 g/mol. The number of aliphatic hydroxyl groups is 1. The summed E-state index contributed by atoms with van der Waals surface area (Å²) in [4.78, 5) is 136. The molecule has 5 aromatic rings. The molecule has 5 N–H and O–H groups in total. The number of Topliss-reactive ketones (excluding diaryl/α,β-unsaturated/α-hetero) is 2. The van der Waals surface area contributed by atoms with E-state index in [1.54, 1.807) is 55.5 Å². The van der Waals surface area contributed by atoms with Crippen molar-refractivity contribution in [2.75, 3.05) is 98.2 Å². The molecule has 2 unspecified atom stereocenters. The summed E-state index contributed by atoms with van der Waals surface area (Å²) in [6, 6.07) is 13.9. The van der Waals surface area contributed by atoms with Gasteiger partial charge in [0.1, 0.15) is 43.1 Å². The Bertz CT molecular complexity index is 3860. The molecule has 101 heavy (non-hydrogen) atoms. The molecule has 0 radical (unpaired) electrons. The third-order valence-electron chi connectivity index (χ3n) is 16.6. The van der Waals surface area contributed by atoms with Gasteiger partial charge in [-0.05, 0) is 53.8 Å². The minimum absolute atomic E-state index is 0.0102. The highest BCUT2D eigenvalue weighted by atomic mass is 32.7. The highest BCUT2D eigenvalue weighted by molar-refractivity contribution is 8.44. The first-order valence-electron chi connectivity index (χ1n) is 32.6. The van der Waals surface area contributed by atoms with Crippen LogP contribution in [0.15, 0.2) is 90.4 Å². The third-order valence-corrected chi connectivity index (χ3v) is 19.8. The lowest BCUT2D eigenvalue weighted by atomic mass is 9.88. The number of H-pyrrole nitrogens is 1. The molecule has 33 nitrogen and oxygen atoms in total. The van der Waals surface area contributed by atoms with Crippen molar-refractivity contribution in [1.82, 2.24) is 44.6 Å². The van der Waals surface area contributed by atoms with Crippen molar-refractivity contribution in [1.29, 1.82) is 0 Å². The van der Waals surface area contributed by atoms with Crippen LogP contribution in [0.3, 0.4) is 0 Å². The smallest absolute Gasteiger partial charge is 0.410 e. The summed E-state index contributed by atoms with van der Waals surface area (Å²) < 4.78 is 83.7. The number of amides is 5. The topological polar surface area (TPSA) is 408 Å². The van der Waals surface area contributed by atoms with Crippen LogP contribution in [0.2, 0.25) is 0 Å². The molecule has 6 heterocycles. The first-order chi connectivity index (χ1) is 48.4. The van der Waals surface area contributed by atoms with Gasteiger partial charge >= 0.3 is 19.6 Å². The van der Waals surface area contributed by atoms with Gasteiger partial charge in [-0.3, -0.25) is 57.9 Å². The number of hydrogen-bond acceptors (Lipinski definition) is 27. The highest BCUT2D eigenvalue weighted by Gasteiger charge is 2.51.